The van der Waals surface area contributed by atoms with E-state index in [0.717, 1.165) is 22.2 Å². The first-order valence-corrected chi connectivity index (χ1v) is 161. The van der Waals surface area contributed by atoms with Crippen molar-refractivity contribution in [2.45, 2.75) is 38.9 Å². The third-order valence-electron chi connectivity index (χ3n) is 7.93. The van der Waals surface area contributed by atoms with E-state index in [2.05, 4.69) is 67.6 Å². The van der Waals surface area contributed by atoms with Crippen LogP contribution >= 0.6 is 0 Å². The first-order chi connectivity index (χ1) is 62.8. The minimum absolute atomic E-state index is 0.323. The van der Waals surface area contributed by atoms with E-state index in [1.54, 1.807) is 107 Å². The van der Waals surface area contributed by atoms with Gasteiger partial charge in [0.25, 0.3) is 0 Å². The van der Waals surface area contributed by atoms with Gasteiger partial charge in [-0.15, -0.1) is 0 Å². The summed E-state index contributed by atoms with van der Waals surface area (Å²) in [6.07, 6.45) is 1.86. The molecule has 108 heteroatoms. The summed E-state index contributed by atoms with van der Waals surface area (Å²) in [5.41, 5.74) is 3.55. The molecule has 4 nitrogen and oxygen atoms in total. The maximum absolute atomic E-state index is 6.11. The molecule has 127 heavy (non-hydrogen) atoms. The number of para-hydroxylation sites is 2. The molecule has 1 saturated heterocycles. The van der Waals surface area contributed by atoms with Gasteiger partial charge in [-0.05, 0) is 57.4 Å². The number of aromatic nitrogens is 2. The maximum atomic E-state index is 6.11. The minimum atomic E-state index is -0.330. The number of nitrogens with zero attached hydrogens (tertiary/aromatic N) is 2. The van der Waals surface area contributed by atoms with Crippen molar-refractivity contribution in [1.82, 2.24) is 9.55 Å². The lowest BCUT2D eigenvalue weighted by Crippen LogP contribution is -2.41. The van der Waals surface area contributed by atoms with Crippen LogP contribution in [0.4, 0.5) is 0 Å². The minimum Gasteiger partial charge on any atom is -0.399 e. The van der Waals surface area contributed by atoms with Gasteiger partial charge in [-0.25, -0.2) is 4.98 Å². The van der Waals surface area contributed by atoms with Crippen LogP contribution in [-0.2, 0) is 929 Å². The van der Waals surface area contributed by atoms with E-state index in [-0.39, 0.29) is 18.3 Å². The highest BCUT2D eigenvalue weighted by Crippen LogP contribution is 2.36. The van der Waals surface area contributed by atoms with Gasteiger partial charge in [0, 0.05) is 925 Å². The van der Waals surface area contributed by atoms with Gasteiger partial charge >= 0.3 is 7.12 Å². The Kier molecular flexibility index (Phi) is 130. The maximum Gasteiger partial charge on any atom is 0.494 e. The molecular formula is C19H21BN2O2S103. The lowest BCUT2D eigenvalue weighted by molar-refractivity contribution is 0.00578. The fourth-order valence-corrected chi connectivity index (χ4v) is 276. The molecule has 2 aromatic carbocycles. The molecule has 0 saturated carbocycles. The molecule has 0 unspecified atom stereocenters. The molecular weight excluding hydrogens is 3600 g/mol. The highest BCUT2D eigenvalue weighted by atomic mass is 33.6. The Morgan fingerprint density at radius 2 is 0.346 bits per heavy atom. The number of hydrogen-bond donors (Lipinski definition) is 0. The topological polar surface area (TPSA) is 36.3 Å². The average molecular weight is 3620 g/mol. The number of imidazole rings is 1. The molecule has 0 bridgehead atoms. The van der Waals surface area contributed by atoms with Crippen LogP contribution in [-0.4, -0.2) is 27.9 Å². The lowest BCUT2D eigenvalue weighted by atomic mass is 9.79. The van der Waals surface area contributed by atoms with E-state index in [1.807, 2.05) is 797 Å². The average Bonchev–Trinajstić information content (AvgIpc) is 1.61. The van der Waals surface area contributed by atoms with E-state index in [9.17, 15) is 0 Å². The van der Waals surface area contributed by atoms with Crippen molar-refractivity contribution in [2.24, 2.45) is 0 Å². The van der Waals surface area contributed by atoms with Crippen molar-refractivity contribution in [3.05, 3.63) is 54.9 Å². The third-order valence-corrected chi connectivity index (χ3v) is 230. The van der Waals surface area contributed by atoms with Gasteiger partial charge in [-0.3, -0.25) is 4.57 Å². The monoisotopic (exact) mass is 3610 g/mol. The van der Waals surface area contributed by atoms with Crippen LogP contribution in [0.15, 0.2) is 54.9 Å². The van der Waals surface area contributed by atoms with Gasteiger partial charge in [0.15, 0.2) is 0 Å². The largest absolute Gasteiger partial charge is 0.494 e. The van der Waals surface area contributed by atoms with Crippen LogP contribution in [0.3, 0.4) is 0 Å². The molecule has 0 N–H and O–H groups in total. The van der Waals surface area contributed by atoms with Gasteiger partial charge in [0.2, 0.25) is 0 Å². The second-order valence-corrected chi connectivity index (χ2v) is 193. The van der Waals surface area contributed by atoms with E-state index in [0.29, 0.717) is 0 Å². The van der Waals surface area contributed by atoms with Gasteiger partial charge in [-0.1, -0.05) is 24.3 Å². The van der Waals surface area contributed by atoms with E-state index < -0.39 is 0 Å². The molecule has 2 heterocycles. The number of hydrogen-bond acceptors (Lipinski definition) is 5. The summed E-state index contributed by atoms with van der Waals surface area (Å²) in [4.78, 5) is 4.45. The van der Waals surface area contributed by atoms with Crippen molar-refractivity contribution in [3.8, 4) is 5.69 Å². The Morgan fingerprint density at radius 1 is 0.205 bits per heavy atom. The van der Waals surface area contributed by atoms with E-state index in [4.69, 9.17) is 31.7 Å². The molecule has 740 valence electrons. The number of fused-ring (bicyclic) bond motifs is 1. The zero-order valence-corrected chi connectivity index (χ0v) is 141. The summed E-state index contributed by atoms with van der Waals surface area (Å²) < 4.78 is 14.3. The fraction of sp³-hybridized carbons (Fsp3) is 0.316. The molecule has 0 aliphatic carbocycles. The summed E-state index contributed by atoms with van der Waals surface area (Å²) in [6.45, 7) is 8.27. The second kappa shape index (κ2) is 116. The first kappa shape index (κ1) is 142. The summed E-state index contributed by atoms with van der Waals surface area (Å²) in [6, 6.07) is 16.4. The standard InChI is InChI=1S/C19H21BN2O2.S103/c1-18(2)19(3,4)24-20(23-18)14-9-11-15(12-10-14)22-13-21-16-7-5-6-8-17(16)22;1-3-5-7-9-11-13-15-17-19-21-23-25-27-29-31-33-35-37-39-41-43-45-47-49-51-53-55-57-59-61-63-65-67-69-71-73-75-77-79-81-83-85-87-89-91-93-95-97-99-101-103-102-100-98-96-94-92-90-88-86-84-82-80-78-76-74-72-70-68-66-64-62-60-58-56-54-52-50-48-46-44-42-40-38-36-34-32-30-28-26-24-22-20-18-16-14-12-10-8-6-4-2/h5-13H,1-4H3;. The zero-order chi connectivity index (χ0) is 90.4. The summed E-state index contributed by atoms with van der Waals surface area (Å²) in [5.74, 6) is 0. The predicted octanol–water partition coefficient (Wildman–Crippen LogP) is 3.08. The Bertz CT molecular complexity index is 9370. The SMILES string of the molecule is CC1(C)OB(c2ccc(-n3cnc4ccccc43)cc2)OC1(C)C.S=S=S=S=S=S=S=S=S=S=S=S=S=S=S=S=S=S=S=S=S=S=S=S=S=S=S=S=S=S=S=S=S=S=S=S=S=S=S=S=S=S=S=S=S=S=S=S=S=S=S=S=S=S=S=S=S=S=S=S=S=S=S=S=S=S=S=S=S=S=S=S=S=S=S=S=S=S=S=S=S=S=S=S=S=S=S=S=S=S=S=S=S=S=S=S=S=S=S=S=S=S=S. The van der Waals surface area contributed by atoms with E-state index >= 15 is 0 Å². The van der Waals surface area contributed by atoms with Crippen LogP contribution in [0.5, 0.6) is 0 Å². The quantitative estimate of drug-likeness (QED) is 0.370. The fourth-order valence-electron chi connectivity index (χ4n) is 4.06. The molecule has 1 aromatic heterocycles. The Labute approximate surface area is 1030 Å². The van der Waals surface area contributed by atoms with Crippen molar-refractivity contribution < 1.29 is 9.31 Å². The third kappa shape index (κ3) is 97.1. The molecule has 1 fully saturated rings. The molecule has 0 radical (unpaired) electrons. The van der Waals surface area contributed by atoms with Crippen molar-refractivity contribution in [2.75, 3.05) is 0 Å². The second-order valence-electron chi connectivity index (χ2n) is 14.2. The van der Waals surface area contributed by atoms with Gasteiger partial charge in [-0.2, -0.15) is 0 Å². The van der Waals surface area contributed by atoms with Crippen LogP contribution < -0.4 is 5.46 Å². The molecule has 3 aromatic rings. The molecule has 1 aliphatic heterocycles. The molecule has 0 atom stereocenters. The van der Waals surface area contributed by atoms with Crippen molar-refractivity contribution >= 4 is 943 Å². The highest BCUT2D eigenvalue weighted by molar-refractivity contribution is 8.88. The molecule has 0 spiro atoms. The Balaban J connectivity index is 0.00000146. The van der Waals surface area contributed by atoms with E-state index in [1.165, 1.54) is 17.8 Å². The van der Waals surface area contributed by atoms with Crippen LogP contribution in [0, 0.1) is 0 Å². The summed E-state index contributed by atoms with van der Waals surface area (Å²) >= 11 is 9.66. The molecule has 1 aliphatic rings. The normalized spacial score (nSPS) is 10.0. The van der Waals surface area contributed by atoms with Gasteiger partial charge < -0.3 is 9.31 Å². The number of benzene rings is 2. The van der Waals surface area contributed by atoms with Crippen LogP contribution in [0.1, 0.15) is 27.7 Å². The molecule has 0 amide bonds. The van der Waals surface area contributed by atoms with Gasteiger partial charge in [0.05, 0.1) is 22.2 Å². The summed E-state index contributed by atoms with van der Waals surface area (Å²) in [7, 11) is 183. The van der Waals surface area contributed by atoms with Crippen LogP contribution in [0.25, 0.3) is 16.7 Å². The van der Waals surface area contributed by atoms with Crippen molar-refractivity contribution in [1.29, 1.82) is 0 Å². The Morgan fingerprint density at radius 3 is 0.496 bits per heavy atom. The number of rotatable bonds is 2. The first-order valence-electron chi connectivity index (χ1n) is 25.3. The smallest absolute Gasteiger partial charge is 0.399 e. The molecule has 4 rings (SSSR count). The van der Waals surface area contributed by atoms with Gasteiger partial charge in [0.1, 0.15) is 6.33 Å². The predicted molar refractivity (Wildman–Crippen MR) is 855 cm³/mol. The highest BCUT2D eigenvalue weighted by Gasteiger charge is 2.51. The zero-order valence-electron chi connectivity index (χ0n) is 56.5. The Hall–Kier alpha value is 20.6. The summed E-state index contributed by atoms with van der Waals surface area (Å²) in [5, 5.41) is 0. The van der Waals surface area contributed by atoms with Crippen LogP contribution in [0.2, 0.25) is 0 Å². The lowest BCUT2D eigenvalue weighted by Gasteiger charge is -2.32. The van der Waals surface area contributed by atoms with Crippen molar-refractivity contribution in [3.63, 3.8) is 0 Å².